The van der Waals surface area contributed by atoms with Crippen LogP contribution in [0.3, 0.4) is 0 Å². The third-order valence-corrected chi connectivity index (χ3v) is 3.22. The lowest BCUT2D eigenvalue weighted by atomic mass is 10.1. The average molecular weight is 242 g/mol. The summed E-state index contributed by atoms with van der Waals surface area (Å²) >= 11 is 0. The molecule has 1 aromatic heterocycles. The van der Waals surface area contributed by atoms with Gasteiger partial charge >= 0.3 is 0 Å². The molecule has 1 aromatic carbocycles. The van der Waals surface area contributed by atoms with Gasteiger partial charge in [0.1, 0.15) is 11.4 Å². The van der Waals surface area contributed by atoms with E-state index >= 15 is 0 Å². The smallest absolute Gasteiger partial charge is 0.262 e. The van der Waals surface area contributed by atoms with Crippen molar-refractivity contribution in [3.8, 4) is 17.0 Å². The molecule has 1 aliphatic rings. The zero-order chi connectivity index (χ0) is 12.7. The van der Waals surface area contributed by atoms with E-state index < -0.39 is 0 Å². The molecular weight excluding hydrogens is 228 g/mol. The Labute approximate surface area is 104 Å². The van der Waals surface area contributed by atoms with E-state index in [1.807, 2.05) is 31.2 Å². The molecule has 3 rings (SSSR count). The van der Waals surface area contributed by atoms with Crippen LogP contribution in [0.15, 0.2) is 29.1 Å². The van der Waals surface area contributed by atoms with Crippen molar-refractivity contribution in [3.05, 3.63) is 46.0 Å². The number of hydrogen-bond donors (Lipinski definition) is 2. The van der Waals surface area contributed by atoms with Gasteiger partial charge in [0.25, 0.3) is 5.56 Å². The van der Waals surface area contributed by atoms with Crippen molar-refractivity contribution in [1.82, 2.24) is 9.97 Å². The van der Waals surface area contributed by atoms with Gasteiger partial charge in [0, 0.05) is 5.92 Å². The van der Waals surface area contributed by atoms with Gasteiger partial charge in [0.2, 0.25) is 5.88 Å². The molecule has 0 spiro atoms. The van der Waals surface area contributed by atoms with Gasteiger partial charge < -0.3 is 10.1 Å². The first kappa shape index (κ1) is 11.0. The molecule has 1 saturated carbocycles. The zero-order valence-corrected chi connectivity index (χ0v) is 10.1. The summed E-state index contributed by atoms with van der Waals surface area (Å²) in [5.41, 5.74) is 1.78. The van der Waals surface area contributed by atoms with Gasteiger partial charge in [-0.05, 0) is 25.3 Å². The summed E-state index contributed by atoms with van der Waals surface area (Å²) in [4.78, 5) is 18.9. The minimum Gasteiger partial charge on any atom is -0.493 e. The van der Waals surface area contributed by atoms with Crippen LogP contribution < -0.4 is 5.56 Å². The number of aromatic nitrogens is 2. The number of aromatic hydroxyl groups is 1. The largest absolute Gasteiger partial charge is 0.493 e. The van der Waals surface area contributed by atoms with Crippen LogP contribution in [-0.2, 0) is 0 Å². The second-order valence-electron chi connectivity index (χ2n) is 4.79. The van der Waals surface area contributed by atoms with Gasteiger partial charge in [0.05, 0.1) is 0 Å². The molecule has 1 aliphatic carbocycles. The topological polar surface area (TPSA) is 66.0 Å². The standard InChI is InChI=1S/C14H14N2O2/c1-8-2-4-9(5-3-8)11-13(17)15-12(10-6-7-10)16-14(11)18/h2-5,10H,6-7H2,1H3,(H2,15,16,17,18). The predicted molar refractivity (Wildman–Crippen MR) is 68.7 cm³/mol. The van der Waals surface area contributed by atoms with Gasteiger partial charge in [0.15, 0.2) is 0 Å². The Hall–Kier alpha value is -2.10. The number of nitrogens with zero attached hydrogens (tertiary/aromatic N) is 1. The van der Waals surface area contributed by atoms with Gasteiger partial charge in [-0.2, -0.15) is 4.98 Å². The summed E-state index contributed by atoms with van der Waals surface area (Å²) in [5, 5.41) is 9.94. The summed E-state index contributed by atoms with van der Waals surface area (Å²) in [6, 6.07) is 7.45. The summed E-state index contributed by atoms with van der Waals surface area (Å²) in [5.74, 6) is 0.744. The van der Waals surface area contributed by atoms with E-state index in [1.54, 1.807) is 0 Å². The third kappa shape index (κ3) is 1.90. The van der Waals surface area contributed by atoms with Crippen molar-refractivity contribution >= 4 is 0 Å². The third-order valence-electron chi connectivity index (χ3n) is 3.22. The Kier molecular flexibility index (Phi) is 2.44. The maximum Gasteiger partial charge on any atom is 0.262 e. The molecule has 0 radical (unpaired) electrons. The fraction of sp³-hybridized carbons (Fsp3) is 0.286. The summed E-state index contributed by atoms with van der Waals surface area (Å²) in [7, 11) is 0. The van der Waals surface area contributed by atoms with E-state index in [-0.39, 0.29) is 17.0 Å². The first-order valence-electron chi connectivity index (χ1n) is 6.05. The Morgan fingerprint density at radius 2 is 1.94 bits per heavy atom. The minimum atomic E-state index is -0.270. The number of H-pyrrole nitrogens is 1. The Bertz CT molecular complexity index is 640. The highest BCUT2D eigenvalue weighted by Crippen LogP contribution is 2.38. The average Bonchev–Trinajstić information content (AvgIpc) is 3.14. The first-order valence-corrected chi connectivity index (χ1v) is 6.05. The quantitative estimate of drug-likeness (QED) is 0.849. The van der Waals surface area contributed by atoms with Crippen molar-refractivity contribution < 1.29 is 5.11 Å². The summed E-state index contributed by atoms with van der Waals surface area (Å²) in [6.07, 6.45) is 2.07. The number of rotatable bonds is 2. The number of nitrogens with one attached hydrogen (secondary N) is 1. The van der Waals surface area contributed by atoms with E-state index in [0.717, 1.165) is 18.4 Å². The van der Waals surface area contributed by atoms with Crippen LogP contribution in [0.25, 0.3) is 11.1 Å². The number of hydrogen-bond acceptors (Lipinski definition) is 3. The van der Waals surface area contributed by atoms with Crippen LogP contribution >= 0.6 is 0 Å². The van der Waals surface area contributed by atoms with Gasteiger partial charge in [-0.25, -0.2) is 0 Å². The van der Waals surface area contributed by atoms with Crippen LogP contribution in [0.2, 0.25) is 0 Å². The van der Waals surface area contributed by atoms with Crippen molar-refractivity contribution in [1.29, 1.82) is 0 Å². The molecule has 0 unspecified atom stereocenters. The van der Waals surface area contributed by atoms with E-state index in [1.165, 1.54) is 0 Å². The van der Waals surface area contributed by atoms with Crippen molar-refractivity contribution in [3.63, 3.8) is 0 Å². The molecule has 2 aromatic rings. The molecule has 18 heavy (non-hydrogen) atoms. The minimum absolute atomic E-state index is 0.176. The first-order chi connectivity index (χ1) is 8.65. The van der Waals surface area contributed by atoms with Crippen molar-refractivity contribution in [2.24, 2.45) is 0 Å². The lowest BCUT2D eigenvalue weighted by Crippen LogP contribution is -2.13. The van der Waals surface area contributed by atoms with Crippen LogP contribution in [0.1, 0.15) is 30.1 Å². The van der Waals surface area contributed by atoms with Gasteiger partial charge in [-0.15, -0.1) is 0 Å². The van der Waals surface area contributed by atoms with Crippen molar-refractivity contribution in [2.75, 3.05) is 0 Å². The van der Waals surface area contributed by atoms with E-state index in [9.17, 15) is 9.90 Å². The van der Waals surface area contributed by atoms with E-state index in [0.29, 0.717) is 17.3 Å². The molecular formula is C14H14N2O2. The van der Waals surface area contributed by atoms with Crippen LogP contribution in [0.5, 0.6) is 5.88 Å². The Morgan fingerprint density at radius 3 is 2.50 bits per heavy atom. The molecule has 4 heteroatoms. The Morgan fingerprint density at radius 1 is 1.28 bits per heavy atom. The zero-order valence-electron chi connectivity index (χ0n) is 10.1. The number of aryl methyl sites for hydroxylation is 1. The van der Waals surface area contributed by atoms with Gasteiger partial charge in [-0.1, -0.05) is 29.8 Å². The fourth-order valence-electron chi connectivity index (χ4n) is 2.01. The van der Waals surface area contributed by atoms with E-state index in [4.69, 9.17) is 0 Å². The lowest BCUT2D eigenvalue weighted by Gasteiger charge is -2.05. The second kappa shape index (κ2) is 3.98. The summed E-state index contributed by atoms with van der Waals surface area (Å²) in [6.45, 7) is 1.97. The molecule has 0 bridgehead atoms. The molecule has 2 N–H and O–H groups in total. The SMILES string of the molecule is Cc1ccc(-c2c(O)nc(C3CC3)[nH]c2=O)cc1. The Balaban J connectivity index is 2.11. The monoisotopic (exact) mass is 242 g/mol. The molecule has 0 aliphatic heterocycles. The number of aromatic amines is 1. The van der Waals surface area contributed by atoms with E-state index in [2.05, 4.69) is 9.97 Å². The highest BCUT2D eigenvalue weighted by molar-refractivity contribution is 5.67. The molecule has 1 heterocycles. The maximum atomic E-state index is 12.0. The lowest BCUT2D eigenvalue weighted by molar-refractivity contribution is 0.450. The molecule has 0 saturated heterocycles. The number of benzene rings is 1. The highest BCUT2D eigenvalue weighted by Gasteiger charge is 2.27. The molecule has 92 valence electrons. The van der Waals surface area contributed by atoms with Crippen molar-refractivity contribution in [2.45, 2.75) is 25.7 Å². The maximum absolute atomic E-state index is 12.0. The molecule has 4 nitrogen and oxygen atoms in total. The van der Waals surface area contributed by atoms with Gasteiger partial charge in [-0.3, -0.25) is 4.79 Å². The van der Waals surface area contributed by atoms with Crippen LogP contribution in [-0.4, -0.2) is 15.1 Å². The summed E-state index contributed by atoms with van der Waals surface area (Å²) < 4.78 is 0. The fourth-order valence-corrected chi connectivity index (χ4v) is 2.01. The molecule has 0 amide bonds. The highest BCUT2D eigenvalue weighted by atomic mass is 16.3. The predicted octanol–water partition coefficient (Wildman–Crippen LogP) is 2.33. The molecule has 0 atom stereocenters. The normalized spacial score (nSPS) is 14.7. The second-order valence-corrected chi connectivity index (χ2v) is 4.79. The van der Waals surface area contributed by atoms with Crippen LogP contribution in [0.4, 0.5) is 0 Å². The van der Waals surface area contributed by atoms with Crippen LogP contribution in [0, 0.1) is 6.92 Å². The molecule has 1 fully saturated rings.